The summed E-state index contributed by atoms with van der Waals surface area (Å²) in [5, 5.41) is 25.6. The summed E-state index contributed by atoms with van der Waals surface area (Å²) in [7, 11) is 2.85. The number of hydrogen-bond donors (Lipinski definition) is 4. The number of benzene rings is 2. The number of hydrogen-bond acceptors (Lipinski definition) is 9. The van der Waals surface area contributed by atoms with E-state index in [2.05, 4.69) is 5.32 Å². The van der Waals surface area contributed by atoms with Crippen LogP contribution in [-0.2, 0) is 43.7 Å². The number of Topliss-reactive ketones (excluding diaryl/α,β-unsaturated/α-hetero) is 4. The highest BCUT2D eigenvalue weighted by Crippen LogP contribution is 2.52. The van der Waals surface area contributed by atoms with Crippen molar-refractivity contribution in [3.05, 3.63) is 64.2 Å². The third kappa shape index (κ3) is 5.14. The fraction of sp³-hybridized carbons (Fsp3) is 0.485. The molecule has 2 unspecified atom stereocenters. The Kier molecular flexibility index (Phi) is 8.28. The molecule has 0 saturated heterocycles. The molecule has 0 radical (unpaired) electrons. The predicted octanol–water partition coefficient (Wildman–Crippen LogP) is 1.95. The number of halogens is 3. The van der Waals surface area contributed by atoms with Gasteiger partial charge in [0.25, 0.3) is 0 Å². The van der Waals surface area contributed by atoms with Crippen molar-refractivity contribution in [3.63, 3.8) is 0 Å². The number of aliphatic hydroxyl groups is 1. The van der Waals surface area contributed by atoms with E-state index in [1.165, 1.54) is 19.0 Å². The van der Waals surface area contributed by atoms with Gasteiger partial charge in [0.1, 0.15) is 5.75 Å². The second kappa shape index (κ2) is 11.4. The summed E-state index contributed by atoms with van der Waals surface area (Å²) in [4.78, 5) is 67.8. The Hall–Kier alpha value is -3.94. The van der Waals surface area contributed by atoms with Gasteiger partial charge in [0.2, 0.25) is 5.91 Å². The molecule has 2 aromatic rings. The molecule has 5 N–H and O–H groups in total. The third-order valence-corrected chi connectivity index (χ3v) is 9.87. The van der Waals surface area contributed by atoms with Crippen LogP contribution in [0.2, 0.25) is 0 Å². The highest BCUT2D eigenvalue weighted by molar-refractivity contribution is 6.32. The summed E-state index contributed by atoms with van der Waals surface area (Å²) >= 11 is 0. The molecule has 5 rings (SSSR count). The number of carbonyl (C=O) groups excluding carboxylic acids is 5. The van der Waals surface area contributed by atoms with Crippen molar-refractivity contribution in [2.24, 2.45) is 29.4 Å². The standard InChI is InChI=1S/C33H36F3N3O7/c1-31(2,17-8-6-5-7-9-17)14-38-13-16-12-20(40)22-18(24(16)33(34,35)36)10-15-11-19-25(39(3)4)27(42)23(30(37)45)29(44)32(19,46)28(43)21(15)26(22)41/h5-9,12,15,19,21,23,25,38,40,46H,10-11,13-14H2,1-4H3,(H2,37,45)/t15-,19-,21?,23?,25-,32-/m0/s1. The lowest BCUT2D eigenvalue weighted by atomic mass is 9.52. The average molecular weight is 644 g/mol. The van der Waals surface area contributed by atoms with Crippen LogP contribution >= 0.6 is 0 Å². The van der Waals surface area contributed by atoms with Gasteiger partial charge in [-0.25, -0.2) is 0 Å². The molecule has 1 amide bonds. The van der Waals surface area contributed by atoms with Gasteiger partial charge in [-0.05, 0) is 55.6 Å². The molecule has 13 heteroatoms. The summed E-state index contributed by atoms with van der Waals surface area (Å²) in [5.74, 6) is -13.5. The second-order valence-electron chi connectivity index (χ2n) is 13.4. The Bertz CT molecular complexity index is 1640. The van der Waals surface area contributed by atoms with Crippen molar-refractivity contribution < 1.29 is 47.4 Å². The Labute approximate surface area is 263 Å². The fourth-order valence-electron chi connectivity index (χ4n) is 7.74. The molecule has 0 aliphatic heterocycles. The number of nitrogens with one attached hydrogen (secondary N) is 1. The van der Waals surface area contributed by atoms with Crippen LogP contribution in [0.25, 0.3) is 0 Å². The maximum absolute atomic E-state index is 14.8. The molecule has 0 spiro atoms. The van der Waals surface area contributed by atoms with Crippen molar-refractivity contribution in [1.82, 2.24) is 10.2 Å². The first kappa shape index (κ1) is 33.4. The molecular formula is C33H36F3N3O7. The Morgan fingerprint density at radius 1 is 1.09 bits per heavy atom. The first-order valence-electron chi connectivity index (χ1n) is 14.9. The van der Waals surface area contributed by atoms with Crippen molar-refractivity contribution in [3.8, 4) is 5.75 Å². The molecule has 46 heavy (non-hydrogen) atoms. The number of carbonyl (C=O) groups is 5. The number of primary amides is 1. The van der Waals surface area contributed by atoms with E-state index in [0.717, 1.165) is 11.6 Å². The van der Waals surface area contributed by atoms with E-state index in [9.17, 15) is 47.4 Å². The van der Waals surface area contributed by atoms with Gasteiger partial charge in [-0.1, -0.05) is 44.2 Å². The highest BCUT2D eigenvalue weighted by Gasteiger charge is 2.69. The number of ketones is 4. The minimum atomic E-state index is -4.95. The van der Waals surface area contributed by atoms with Gasteiger partial charge in [0, 0.05) is 24.4 Å². The monoisotopic (exact) mass is 643 g/mol. The summed E-state index contributed by atoms with van der Waals surface area (Å²) < 4.78 is 44.3. The number of phenols is 1. The summed E-state index contributed by atoms with van der Waals surface area (Å²) in [5.41, 5.74) is 0.254. The quantitative estimate of drug-likeness (QED) is 0.330. The van der Waals surface area contributed by atoms with Gasteiger partial charge in [0.15, 0.2) is 34.7 Å². The summed E-state index contributed by atoms with van der Waals surface area (Å²) in [6.07, 6.45) is -5.79. The fourth-order valence-corrected chi connectivity index (χ4v) is 7.74. The van der Waals surface area contributed by atoms with Crippen LogP contribution in [-0.4, -0.2) is 76.4 Å². The van der Waals surface area contributed by atoms with Crippen LogP contribution < -0.4 is 11.1 Å². The third-order valence-electron chi connectivity index (χ3n) is 9.87. The normalized spacial score (nSPS) is 28.2. The Morgan fingerprint density at radius 3 is 2.28 bits per heavy atom. The molecule has 10 nitrogen and oxygen atoms in total. The van der Waals surface area contributed by atoms with Gasteiger partial charge in [-0.2, -0.15) is 13.2 Å². The SMILES string of the molecule is CN(C)[C@@H]1C(=O)C(C(N)=O)C(=O)[C@@]2(O)C(=O)C3C(=O)c4c(O)cc(CNCC(C)(C)c5ccccc5)c(C(F)(F)F)c4C[C@H]3C[C@@H]12. The number of amides is 1. The predicted molar refractivity (Wildman–Crippen MR) is 158 cm³/mol. The largest absolute Gasteiger partial charge is 0.507 e. The number of alkyl halides is 3. The number of aromatic hydroxyl groups is 1. The first-order chi connectivity index (χ1) is 21.3. The Morgan fingerprint density at radius 2 is 1.72 bits per heavy atom. The first-order valence-corrected chi connectivity index (χ1v) is 14.9. The van der Waals surface area contributed by atoms with Gasteiger partial charge in [0.05, 0.1) is 23.1 Å². The molecule has 3 aliphatic carbocycles. The highest BCUT2D eigenvalue weighted by atomic mass is 19.4. The van der Waals surface area contributed by atoms with Crippen LogP contribution in [0.1, 0.15) is 52.9 Å². The van der Waals surface area contributed by atoms with Crippen LogP contribution in [0.15, 0.2) is 36.4 Å². The van der Waals surface area contributed by atoms with E-state index in [0.29, 0.717) is 0 Å². The minimum Gasteiger partial charge on any atom is -0.507 e. The maximum atomic E-state index is 14.8. The number of phenolic OH excluding ortho intramolecular Hbond substituents is 1. The van der Waals surface area contributed by atoms with Gasteiger partial charge in [-0.3, -0.25) is 28.9 Å². The molecule has 0 bridgehead atoms. The number of nitrogens with two attached hydrogens (primary N) is 1. The lowest BCUT2D eigenvalue weighted by Crippen LogP contribution is -2.74. The molecule has 246 valence electrons. The van der Waals surface area contributed by atoms with E-state index in [1.807, 2.05) is 44.2 Å². The molecule has 0 aromatic heterocycles. The molecule has 3 aliphatic rings. The molecule has 2 saturated carbocycles. The smallest absolute Gasteiger partial charge is 0.417 e. The lowest BCUT2D eigenvalue weighted by molar-refractivity contribution is -0.181. The maximum Gasteiger partial charge on any atom is 0.417 e. The zero-order valence-electron chi connectivity index (χ0n) is 25.8. The van der Waals surface area contributed by atoms with E-state index in [4.69, 9.17) is 5.73 Å². The molecular weight excluding hydrogens is 607 g/mol. The van der Waals surface area contributed by atoms with Crippen LogP contribution in [0, 0.1) is 23.7 Å². The van der Waals surface area contributed by atoms with E-state index >= 15 is 0 Å². The topological polar surface area (TPSA) is 167 Å². The van der Waals surface area contributed by atoms with E-state index < -0.39 is 105 Å². The second-order valence-corrected chi connectivity index (χ2v) is 13.4. The van der Waals surface area contributed by atoms with Crippen molar-refractivity contribution in [1.29, 1.82) is 0 Å². The van der Waals surface area contributed by atoms with Crippen LogP contribution in [0.3, 0.4) is 0 Å². The minimum absolute atomic E-state index is 0.283. The number of nitrogens with zero attached hydrogens (tertiary/aromatic N) is 1. The number of rotatable bonds is 7. The van der Waals surface area contributed by atoms with Crippen molar-refractivity contribution >= 4 is 29.0 Å². The van der Waals surface area contributed by atoms with Crippen molar-refractivity contribution in [2.75, 3.05) is 20.6 Å². The number of likely N-dealkylation sites (N-methyl/N-ethyl adjacent to an activating group) is 1. The van der Waals surface area contributed by atoms with Crippen molar-refractivity contribution in [2.45, 2.75) is 56.5 Å². The van der Waals surface area contributed by atoms with Gasteiger partial charge >= 0.3 is 6.18 Å². The van der Waals surface area contributed by atoms with Gasteiger partial charge in [-0.15, -0.1) is 0 Å². The average Bonchev–Trinajstić information content (AvgIpc) is 2.94. The van der Waals surface area contributed by atoms with Crippen LogP contribution in [0.5, 0.6) is 5.75 Å². The molecule has 6 atom stereocenters. The molecule has 2 aromatic carbocycles. The Balaban J connectivity index is 1.55. The van der Waals surface area contributed by atoms with E-state index in [1.54, 1.807) is 0 Å². The molecule has 0 heterocycles. The lowest BCUT2D eigenvalue weighted by Gasteiger charge is -2.52. The van der Waals surface area contributed by atoms with E-state index in [-0.39, 0.29) is 25.1 Å². The molecule has 2 fully saturated rings. The van der Waals surface area contributed by atoms with Crippen LogP contribution in [0.4, 0.5) is 13.2 Å². The summed E-state index contributed by atoms with van der Waals surface area (Å²) in [6.45, 7) is 3.84. The number of fused-ring (bicyclic) bond motifs is 3. The zero-order chi connectivity index (χ0) is 34.1. The zero-order valence-corrected chi connectivity index (χ0v) is 25.8. The summed E-state index contributed by atoms with van der Waals surface area (Å²) in [6, 6.07) is 8.88. The van der Waals surface area contributed by atoms with Gasteiger partial charge < -0.3 is 21.3 Å².